The first-order valence-corrected chi connectivity index (χ1v) is 9.19. The van der Waals surface area contributed by atoms with Crippen molar-refractivity contribution in [2.24, 2.45) is 0 Å². The summed E-state index contributed by atoms with van der Waals surface area (Å²) in [4.78, 5) is 0. The first-order valence-electron chi connectivity index (χ1n) is 7.86. The van der Waals surface area contributed by atoms with Gasteiger partial charge in [-0.05, 0) is 6.42 Å². The minimum absolute atomic E-state index is 0.212. The highest BCUT2D eigenvalue weighted by atomic mass is 32.3. The third kappa shape index (κ3) is 7.57. The van der Waals surface area contributed by atoms with Crippen LogP contribution in [0.5, 0.6) is 0 Å². The molecule has 0 unspecified atom stereocenters. The predicted octanol–water partition coefficient (Wildman–Crippen LogP) is 3.63. The fraction of sp³-hybridized carbons (Fsp3) is 1.00. The van der Waals surface area contributed by atoms with E-state index in [-0.39, 0.29) is 6.42 Å². The van der Waals surface area contributed by atoms with E-state index in [9.17, 15) is 13.5 Å². The molecule has 1 aliphatic heterocycles. The molecule has 1 heterocycles. The summed E-state index contributed by atoms with van der Waals surface area (Å²) in [6.07, 6.45) is 13.4. The molecule has 0 aromatic rings. The SMILES string of the molecule is CCCCCCCCCCCCCC1(O)OS(=O)(=O)O1. The van der Waals surface area contributed by atoms with Crippen LogP contribution in [-0.2, 0) is 18.8 Å². The summed E-state index contributed by atoms with van der Waals surface area (Å²) in [5.41, 5.74) is 0. The van der Waals surface area contributed by atoms with Crippen molar-refractivity contribution >= 4 is 10.4 Å². The first-order chi connectivity index (χ1) is 9.47. The Labute approximate surface area is 123 Å². The second-order valence-electron chi connectivity index (χ2n) is 5.57. The highest BCUT2D eigenvalue weighted by molar-refractivity contribution is 7.82. The van der Waals surface area contributed by atoms with Gasteiger partial charge in [-0.15, -0.1) is 0 Å². The summed E-state index contributed by atoms with van der Waals surface area (Å²) < 4.78 is 29.8. The van der Waals surface area contributed by atoms with Gasteiger partial charge in [-0.3, -0.25) is 0 Å². The molecule has 120 valence electrons. The van der Waals surface area contributed by atoms with Gasteiger partial charge in [0.15, 0.2) is 0 Å². The van der Waals surface area contributed by atoms with Gasteiger partial charge < -0.3 is 5.11 Å². The third-order valence-electron chi connectivity index (χ3n) is 3.56. The van der Waals surface area contributed by atoms with Gasteiger partial charge in [0.1, 0.15) is 0 Å². The van der Waals surface area contributed by atoms with Gasteiger partial charge in [0, 0.05) is 6.42 Å². The van der Waals surface area contributed by atoms with Crippen LogP contribution in [0.4, 0.5) is 0 Å². The molecular weight excluding hydrogens is 280 g/mol. The lowest BCUT2D eigenvalue weighted by molar-refractivity contribution is -0.329. The molecule has 0 amide bonds. The summed E-state index contributed by atoms with van der Waals surface area (Å²) >= 11 is 0. The zero-order chi connectivity index (χ0) is 14.9. The summed E-state index contributed by atoms with van der Waals surface area (Å²) in [5, 5.41) is 9.47. The fourth-order valence-corrected chi connectivity index (χ4v) is 3.24. The van der Waals surface area contributed by atoms with E-state index in [4.69, 9.17) is 0 Å². The molecule has 20 heavy (non-hydrogen) atoms. The van der Waals surface area contributed by atoms with E-state index in [1.165, 1.54) is 51.4 Å². The van der Waals surface area contributed by atoms with Gasteiger partial charge in [0.2, 0.25) is 0 Å². The Balaban J connectivity index is 1.82. The quantitative estimate of drug-likeness (QED) is 0.557. The third-order valence-corrected chi connectivity index (χ3v) is 4.49. The van der Waals surface area contributed by atoms with E-state index in [0.29, 0.717) is 6.42 Å². The van der Waals surface area contributed by atoms with E-state index in [2.05, 4.69) is 15.3 Å². The molecule has 0 radical (unpaired) electrons. The highest BCUT2D eigenvalue weighted by Crippen LogP contribution is 2.32. The lowest BCUT2D eigenvalue weighted by Gasteiger charge is -2.33. The number of rotatable bonds is 12. The average molecular weight is 308 g/mol. The zero-order valence-corrected chi connectivity index (χ0v) is 13.3. The highest BCUT2D eigenvalue weighted by Gasteiger charge is 2.50. The zero-order valence-electron chi connectivity index (χ0n) is 12.5. The maximum atomic E-state index is 10.6. The standard InChI is InChI=1S/C14H28O5S/c1-2-3-4-5-6-7-8-9-10-11-12-13-14(15)18-20(16,17)19-14/h15H,2-13H2,1H3. The van der Waals surface area contributed by atoms with Crippen molar-refractivity contribution in [3.8, 4) is 0 Å². The molecule has 5 nitrogen and oxygen atoms in total. The van der Waals surface area contributed by atoms with Crippen LogP contribution in [0.15, 0.2) is 0 Å². The molecule has 1 fully saturated rings. The van der Waals surface area contributed by atoms with Crippen molar-refractivity contribution < 1.29 is 21.9 Å². The van der Waals surface area contributed by atoms with Crippen LogP contribution in [0.3, 0.4) is 0 Å². The van der Waals surface area contributed by atoms with Crippen LogP contribution in [0, 0.1) is 0 Å². The Kier molecular flexibility index (Phi) is 8.02. The lowest BCUT2D eigenvalue weighted by Crippen LogP contribution is -2.50. The van der Waals surface area contributed by atoms with Crippen molar-refractivity contribution in [1.82, 2.24) is 0 Å². The monoisotopic (exact) mass is 308 g/mol. The number of unbranched alkanes of at least 4 members (excludes halogenated alkanes) is 10. The van der Waals surface area contributed by atoms with Crippen LogP contribution < -0.4 is 0 Å². The number of hydrogen-bond acceptors (Lipinski definition) is 5. The molecule has 0 atom stereocenters. The van der Waals surface area contributed by atoms with Crippen LogP contribution in [0.1, 0.15) is 84.0 Å². The van der Waals surface area contributed by atoms with Crippen LogP contribution in [-0.4, -0.2) is 19.5 Å². The smallest absolute Gasteiger partial charge is 0.342 e. The van der Waals surface area contributed by atoms with E-state index >= 15 is 0 Å². The van der Waals surface area contributed by atoms with Gasteiger partial charge in [-0.1, -0.05) is 71.1 Å². The normalized spacial score (nSPS) is 19.7. The molecule has 0 aliphatic carbocycles. The maximum Gasteiger partial charge on any atom is 0.409 e. The summed E-state index contributed by atoms with van der Waals surface area (Å²) in [6, 6.07) is 0. The molecule has 6 heteroatoms. The molecular formula is C14H28O5S. The van der Waals surface area contributed by atoms with Gasteiger partial charge >= 0.3 is 16.4 Å². The van der Waals surface area contributed by atoms with Crippen LogP contribution in [0.2, 0.25) is 0 Å². The topological polar surface area (TPSA) is 72.8 Å². The largest absolute Gasteiger partial charge is 0.409 e. The minimum atomic E-state index is -3.90. The van der Waals surface area contributed by atoms with Crippen molar-refractivity contribution in [2.75, 3.05) is 0 Å². The average Bonchev–Trinajstić information content (AvgIpc) is 2.33. The molecule has 0 aromatic carbocycles. The summed E-state index contributed by atoms with van der Waals surface area (Å²) in [5.74, 6) is -1.89. The molecule has 1 N–H and O–H groups in total. The molecule has 0 spiro atoms. The Hall–Kier alpha value is -0.170. The van der Waals surface area contributed by atoms with Crippen molar-refractivity contribution in [2.45, 2.75) is 89.9 Å². The first kappa shape index (κ1) is 17.9. The molecule has 0 bridgehead atoms. The minimum Gasteiger partial charge on any atom is -0.342 e. The van der Waals surface area contributed by atoms with E-state index in [0.717, 1.165) is 12.8 Å². The van der Waals surface area contributed by atoms with Crippen LogP contribution in [0.25, 0.3) is 0 Å². The molecule has 1 aliphatic rings. The van der Waals surface area contributed by atoms with E-state index in [1.807, 2.05) is 0 Å². The molecule has 1 rings (SSSR count). The fourth-order valence-electron chi connectivity index (χ4n) is 2.42. The Morgan fingerprint density at radius 2 is 1.20 bits per heavy atom. The Morgan fingerprint density at radius 3 is 1.60 bits per heavy atom. The van der Waals surface area contributed by atoms with Gasteiger partial charge in [-0.25, -0.2) is 0 Å². The predicted molar refractivity (Wildman–Crippen MR) is 77.1 cm³/mol. The summed E-state index contributed by atoms with van der Waals surface area (Å²) in [7, 11) is -3.90. The van der Waals surface area contributed by atoms with Gasteiger partial charge in [0.25, 0.3) is 0 Å². The molecule has 0 aromatic heterocycles. The number of aliphatic hydroxyl groups is 1. The molecule has 1 saturated heterocycles. The van der Waals surface area contributed by atoms with E-state index < -0.39 is 16.4 Å². The second-order valence-corrected chi connectivity index (χ2v) is 6.72. The van der Waals surface area contributed by atoms with Crippen molar-refractivity contribution in [3.63, 3.8) is 0 Å². The Bertz CT molecular complexity index is 341. The van der Waals surface area contributed by atoms with Crippen LogP contribution >= 0.6 is 0 Å². The van der Waals surface area contributed by atoms with Gasteiger partial charge in [-0.2, -0.15) is 16.8 Å². The lowest BCUT2D eigenvalue weighted by atomic mass is 10.1. The van der Waals surface area contributed by atoms with E-state index in [1.54, 1.807) is 0 Å². The van der Waals surface area contributed by atoms with Crippen molar-refractivity contribution in [1.29, 1.82) is 0 Å². The van der Waals surface area contributed by atoms with Gasteiger partial charge in [0.05, 0.1) is 0 Å². The summed E-state index contributed by atoms with van der Waals surface area (Å²) in [6.45, 7) is 2.23. The molecule has 0 saturated carbocycles. The maximum absolute atomic E-state index is 10.6. The number of hydrogen-bond donors (Lipinski definition) is 1. The second kappa shape index (κ2) is 8.97. The Morgan fingerprint density at radius 1 is 0.800 bits per heavy atom. The van der Waals surface area contributed by atoms with Crippen molar-refractivity contribution in [3.05, 3.63) is 0 Å².